The second kappa shape index (κ2) is 5.55. The molecule has 1 saturated carbocycles. The van der Waals surface area contributed by atoms with Crippen LogP contribution in [0.1, 0.15) is 24.3 Å². The number of benzene rings is 1. The second-order valence-electron chi connectivity index (χ2n) is 5.89. The van der Waals surface area contributed by atoms with E-state index in [4.69, 9.17) is 4.42 Å². The molecule has 2 aromatic rings. The van der Waals surface area contributed by atoms with E-state index in [0.29, 0.717) is 30.5 Å². The van der Waals surface area contributed by atoms with Crippen LogP contribution in [-0.2, 0) is 12.7 Å². The third-order valence-corrected chi connectivity index (χ3v) is 3.83. The molecule has 1 unspecified atom stereocenters. The predicted molar refractivity (Wildman–Crippen MR) is 74.1 cm³/mol. The summed E-state index contributed by atoms with van der Waals surface area (Å²) in [7, 11) is 1.82. The Kier molecular flexibility index (Phi) is 3.86. The van der Waals surface area contributed by atoms with E-state index < -0.39 is 11.7 Å². The number of rotatable bonds is 5. The average molecular weight is 314 g/mol. The molecule has 1 fully saturated rings. The Bertz CT molecular complexity index is 664. The molecule has 1 aromatic carbocycles. The number of alkyl halides is 3. The van der Waals surface area contributed by atoms with Crippen molar-refractivity contribution in [2.24, 2.45) is 5.92 Å². The van der Waals surface area contributed by atoms with Gasteiger partial charge in [-0.05, 0) is 44.0 Å². The van der Waals surface area contributed by atoms with Gasteiger partial charge in [-0.2, -0.15) is 13.2 Å². The van der Waals surface area contributed by atoms with Crippen molar-refractivity contribution in [2.75, 3.05) is 13.6 Å². The lowest BCUT2D eigenvalue weighted by Gasteiger charge is -2.18. The average Bonchev–Trinajstić information content (AvgIpc) is 3.18. The third-order valence-electron chi connectivity index (χ3n) is 3.83. The monoisotopic (exact) mass is 314 g/mol. The van der Waals surface area contributed by atoms with Crippen LogP contribution in [0.15, 0.2) is 22.6 Å². The number of aliphatic hydroxyl groups is 1. The largest absolute Gasteiger partial charge is 0.439 e. The molecule has 0 saturated heterocycles. The fraction of sp³-hybridized carbons (Fsp3) is 0.533. The highest BCUT2D eigenvalue weighted by atomic mass is 19.4. The van der Waals surface area contributed by atoms with Crippen molar-refractivity contribution in [3.05, 3.63) is 29.7 Å². The summed E-state index contributed by atoms with van der Waals surface area (Å²) in [6, 6.07) is 3.26. The molecule has 3 rings (SSSR count). The molecule has 0 amide bonds. The summed E-state index contributed by atoms with van der Waals surface area (Å²) in [4.78, 5) is 5.96. The summed E-state index contributed by atoms with van der Waals surface area (Å²) in [6.45, 7) is 0.844. The molecule has 0 spiro atoms. The minimum atomic E-state index is -4.39. The highest BCUT2D eigenvalue weighted by Crippen LogP contribution is 2.33. The number of aliphatic hydroxyl groups excluding tert-OH is 1. The molecule has 1 aromatic heterocycles. The van der Waals surface area contributed by atoms with Crippen molar-refractivity contribution in [3.8, 4) is 0 Å². The summed E-state index contributed by atoms with van der Waals surface area (Å²) in [6.07, 6.45) is -2.65. The number of fused-ring (bicyclic) bond motifs is 1. The highest BCUT2D eigenvalue weighted by molar-refractivity contribution is 5.73. The zero-order chi connectivity index (χ0) is 15.9. The lowest BCUT2D eigenvalue weighted by molar-refractivity contribution is -0.137. The van der Waals surface area contributed by atoms with Gasteiger partial charge in [-0.25, -0.2) is 4.98 Å². The van der Waals surface area contributed by atoms with Gasteiger partial charge >= 0.3 is 6.18 Å². The Balaban J connectivity index is 1.71. The van der Waals surface area contributed by atoms with Crippen molar-refractivity contribution >= 4 is 11.1 Å². The molecular weight excluding hydrogens is 297 g/mol. The Morgan fingerprint density at radius 2 is 2.14 bits per heavy atom. The van der Waals surface area contributed by atoms with Crippen molar-refractivity contribution in [2.45, 2.75) is 31.7 Å². The van der Waals surface area contributed by atoms with Crippen LogP contribution in [0, 0.1) is 5.92 Å². The van der Waals surface area contributed by atoms with E-state index >= 15 is 0 Å². The van der Waals surface area contributed by atoms with E-state index in [0.717, 1.165) is 25.0 Å². The summed E-state index contributed by atoms with van der Waals surface area (Å²) in [5.74, 6) is 0.722. The Hall–Kier alpha value is -1.60. The quantitative estimate of drug-likeness (QED) is 0.921. The molecule has 1 N–H and O–H groups in total. The number of oxazole rings is 1. The van der Waals surface area contributed by atoms with E-state index in [1.54, 1.807) is 0 Å². The van der Waals surface area contributed by atoms with Crippen LogP contribution >= 0.6 is 0 Å². The molecule has 0 aliphatic heterocycles. The van der Waals surface area contributed by atoms with Gasteiger partial charge in [-0.15, -0.1) is 0 Å². The molecule has 0 radical (unpaired) electrons. The summed E-state index contributed by atoms with van der Waals surface area (Å²) in [5, 5.41) is 9.89. The maximum atomic E-state index is 12.7. The van der Waals surface area contributed by atoms with Crippen LogP contribution in [0.4, 0.5) is 13.2 Å². The summed E-state index contributed by atoms with van der Waals surface area (Å²) < 4.78 is 43.5. The van der Waals surface area contributed by atoms with Gasteiger partial charge in [0.2, 0.25) is 5.89 Å². The maximum absolute atomic E-state index is 12.7. The van der Waals surface area contributed by atoms with E-state index in [-0.39, 0.29) is 11.6 Å². The summed E-state index contributed by atoms with van der Waals surface area (Å²) in [5.41, 5.74) is -0.211. The van der Waals surface area contributed by atoms with Gasteiger partial charge in [0, 0.05) is 6.54 Å². The lowest BCUT2D eigenvalue weighted by Crippen LogP contribution is -2.30. The minimum Gasteiger partial charge on any atom is -0.439 e. The number of nitrogens with zero attached hydrogens (tertiary/aromatic N) is 2. The highest BCUT2D eigenvalue weighted by Gasteiger charge is 2.31. The first-order valence-electron chi connectivity index (χ1n) is 7.16. The van der Waals surface area contributed by atoms with Crippen molar-refractivity contribution in [1.29, 1.82) is 0 Å². The van der Waals surface area contributed by atoms with Gasteiger partial charge in [0.1, 0.15) is 5.52 Å². The fourth-order valence-electron chi connectivity index (χ4n) is 2.46. The molecule has 1 atom stereocenters. The van der Waals surface area contributed by atoms with Crippen molar-refractivity contribution in [3.63, 3.8) is 0 Å². The number of likely N-dealkylation sites (N-methyl/N-ethyl adjacent to an activating group) is 1. The van der Waals surface area contributed by atoms with Gasteiger partial charge in [0.05, 0.1) is 18.2 Å². The van der Waals surface area contributed by atoms with E-state index in [1.807, 2.05) is 11.9 Å². The first-order chi connectivity index (χ1) is 10.3. The molecule has 4 nitrogen and oxygen atoms in total. The van der Waals surface area contributed by atoms with Crippen LogP contribution in [0.2, 0.25) is 0 Å². The molecule has 7 heteroatoms. The van der Waals surface area contributed by atoms with Gasteiger partial charge in [0.15, 0.2) is 5.58 Å². The van der Waals surface area contributed by atoms with Crippen LogP contribution < -0.4 is 0 Å². The fourth-order valence-corrected chi connectivity index (χ4v) is 2.46. The van der Waals surface area contributed by atoms with Gasteiger partial charge in [-0.1, -0.05) is 0 Å². The Labute approximate surface area is 125 Å². The zero-order valence-electron chi connectivity index (χ0n) is 12.1. The smallest absolute Gasteiger partial charge is 0.416 e. The minimum absolute atomic E-state index is 0.195. The lowest BCUT2D eigenvalue weighted by atomic mass is 10.2. The van der Waals surface area contributed by atoms with Gasteiger partial charge < -0.3 is 9.52 Å². The number of aromatic nitrogens is 1. The van der Waals surface area contributed by atoms with Crippen molar-refractivity contribution in [1.82, 2.24) is 9.88 Å². The molecule has 1 aliphatic rings. The van der Waals surface area contributed by atoms with Gasteiger partial charge in [0.25, 0.3) is 0 Å². The van der Waals surface area contributed by atoms with Crippen LogP contribution in [0.3, 0.4) is 0 Å². The summed E-state index contributed by atoms with van der Waals surface area (Å²) >= 11 is 0. The van der Waals surface area contributed by atoms with Gasteiger partial charge in [-0.3, -0.25) is 4.90 Å². The standard InChI is InChI=1S/C15H17F3N2O2/c1-20(7-12(21)9-2-3-9)8-14-19-11-6-10(15(16,17)18)4-5-13(11)22-14/h4-6,9,12,21H,2-3,7-8H2,1H3. The topological polar surface area (TPSA) is 49.5 Å². The molecule has 1 heterocycles. The van der Waals surface area contributed by atoms with Crippen LogP contribution in [0.25, 0.3) is 11.1 Å². The third kappa shape index (κ3) is 3.41. The number of hydrogen-bond acceptors (Lipinski definition) is 4. The molecule has 1 aliphatic carbocycles. The zero-order valence-corrected chi connectivity index (χ0v) is 12.1. The molecule has 0 bridgehead atoms. The van der Waals surface area contributed by atoms with Crippen LogP contribution in [-0.4, -0.2) is 34.7 Å². The predicted octanol–water partition coefficient (Wildman–Crippen LogP) is 3.05. The molecular formula is C15H17F3N2O2. The SMILES string of the molecule is CN(Cc1nc2cc(C(F)(F)F)ccc2o1)CC(O)C1CC1. The molecule has 22 heavy (non-hydrogen) atoms. The van der Waals surface area contributed by atoms with E-state index in [1.165, 1.54) is 6.07 Å². The Morgan fingerprint density at radius 1 is 1.41 bits per heavy atom. The first kappa shape index (κ1) is 15.3. The normalized spacial score (nSPS) is 17.4. The maximum Gasteiger partial charge on any atom is 0.416 e. The number of hydrogen-bond donors (Lipinski definition) is 1. The second-order valence-corrected chi connectivity index (χ2v) is 5.89. The molecule has 120 valence electrons. The van der Waals surface area contributed by atoms with Crippen LogP contribution in [0.5, 0.6) is 0 Å². The van der Waals surface area contributed by atoms with E-state index in [9.17, 15) is 18.3 Å². The Morgan fingerprint density at radius 3 is 2.77 bits per heavy atom. The van der Waals surface area contributed by atoms with Crippen molar-refractivity contribution < 1.29 is 22.7 Å². The number of halogens is 3. The van der Waals surface area contributed by atoms with E-state index in [2.05, 4.69) is 4.98 Å². The first-order valence-corrected chi connectivity index (χ1v) is 7.16.